The van der Waals surface area contributed by atoms with Crippen LogP contribution in [0.5, 0.6) is 0 Å². The molecule has 0 aliphatic carbocycles. The summed E-state index contributed by atoms with van der Waals surface area (Å²) in [6, 6.07) is 5.23. The van der Waals surface area contributed by atoms with Crippen LogP contribution < -0.4 is 5.32 Å². The van der Waals surface area contributed by atoms with E-state index in [-0.39, 0.29) is 5.91 Å². The van der Waals surface area contributed by atoms with Gasteiger partial charge in [-0.2, -0.15) is 0 Å². The summed E-state index contributed by atoms with van der Waals surface area (Å²) in [5.74, 6) is -0.154. The third-order valence-electron chi connectivity index (χ3n) is 2.12. The van der Waals surface area contributed by atoms with E-state index in [1.54, 1.807) is 19.1 Å². The first-order valence-corrected chi connectivity index (χ1v) is 6.80. The van der Waals surface area contributed by atoms with Crippen molar-refractivity contribution in [3.8, 4) is 0 Å². The number of carbonyl (C=O) groups is 1. The molecule has 88 valence electrons. The Kier molecular flexibility index (Phi) is 3.81. The molecular weight excluding hydrogens is 324 g/mol. The highest BCUT2D eigenvalue weighted by atomic mass is 79.9. The van der Waals surface area contributed by atoms with E-state index in [9.17, 15) is 4.79 Å². The molecule has 0 saturated carbocycles. The van der Waals surface area contributed by atoms with Gasteiger partial charge in [0.15, 0.2) is 0 Å². The Hall–Kier alpha value is -0.910. The van der Waals surface area contributed by atoms with Crippen LogP contribution in [0.25, 0.3) is 0 Å². The molecule has 0 aromatic carbocycles. The Labute approximate surface area is 116 Å². The van der Waals surface area contributed by atoms with Crippen molar-refractivity contribution in [1.29, 1.82) is 0 Å². The monoisotopic (exact) mass is 330 g/mol. The van der Waals surface area contributed by atoms with Gasteiger partial charge in [-0.15, -0.1) is 11.3 Å². The second-order valence-corrected chi connectivity index (χ2v) is 5.48. The summed E-state index contributed by atoms with van der Waals surface area (Å²) >= 11 is 10.5. The Morgan fingerprint density at radius 3 is 2.82 bits per heavy atom. The summed E-state index contributed by atoms with van der Waals surface area (Å²) < 4.78 is 0.791. The summed E-state index contributed by atoms with van der Waals surface area (Å²) in [7, 11) is 0. The third kappa shape index (κ3) is 2.86. The molecule has 0 atom stereocenters. The van der Waals surface area contributed by atoms with Crippen molar-refractivity contribution in [3.05, 3.63) is 43.8 Å². The Bertz CT molecular complexity index is 570. The molecule has 0 saturated heterocycles. The number of halogens is 2. The van der Waals surface area contributed by atoms with Crippen LogP contribution in [-0.4, -0.2) is 10.9 Å². The fourth-order valence-corrected chi connectivity index (χ4v) is 2.93. The second kappa shape index (κ2) is 5.16. The number of thiophene rings is 1. The van der Waals surface area contributed by atoms with Crippen LogP contribution in [-0.2, 0) is 0 Å². The van der Waals surface area contributed by atoms with Crippen molar-refractivity contribution >= 4 is 50.5 Å². The molecule has 3 nitrogen and oxygen atoms in total. The van der Waals surface area contributed by atoms with Crippen molar-refractivity contribution in [2.45, 2.75) is 6.92 Å². The number of carbonyl (C=O) groups excluding carboxylic acids is 1. The van der Waals surface area contributed by atoms with Gasteiger partial charge in [-0.3, -0.25) is 4.79 Å². The Morgan fingerprint density at radius 1 is 1.47 bits per heavy atom. The number of hydrogen-bond donors (Lipinski definition) is 1. The van der Waals surface area contributed by atoms with Gasteiger partial charge >= 0.3 is 0 Å². The van der Waals surface area contributed by atoms with E-state index in [0.717, 1.165) is 4.47 Å². The van der Waals surface area contributed by atoms with E-state index in [0.29, 0.717) is 21.4 Å². The first-order chi connectivity index (χ1) is 8.08. The number of rotatable bonds is 2. The summed E-state index contributed by atoms with van der Waals surface area (Å²) in [6.45, 7) is 1.80. The topological polar surface area (TPSA) is 42.0 Å². The number of anilines is 1. The smallest absolute Gasteiger partial charge is 0.266 e. The summed E-state index contributed by atoms with van der Waals surface area (Å²) in [4.78, 5) is 16.7. The molecule has 6 heteroatoms. The molecular formula is C11H8BrClN2OS. The van der Waals surface area contributed by atoms with Crippen LogP contribution in [0.1, 0.15) is 15.4 Å². The lowest BCUT2D eigenvalue weighted by atomic mass is 10.3. The molecule has 0 unspecified atom stereocenters. The molecule has 0 bridgehead atoms. The van der Waals surface area contributed by atoms with Crippen LogP contribution >= 0.6 is 38.9 Å². The molecule has 0 spiro atoms. The van der Waals surface area contributed by atoms with Gasteiger partial charge in [-0.05, 0) is 46.4 Å². The van der Waals surface area contributed by atoms with Gasteiger partial charge in [0.2, 0.25) is 0 Å². The fourth-order valence-electron chi connectivity index (χ4n) is 1.30. The number of amides is 1. The average Bonchev–Trinajstić information content (AvgIpc) is 2.68. The highest BCUT2D eigenvalue weighted by Crippen LogP contribution is 2.24. The predicted octanol–water partition coefficient (Wildman–Crippen LogP) is 4.12. The fraction of sp³-hybridized carbons (Fsp3) is 0.0909. The summed E-state index contributed by atoms with van der Waals surface area (Å²) in [5.41, 5.74) is 1.36. The first-order valence-electron chi connectivity index (χ1n) is 4.75. The van der Waals surface area contributed by atoms with Gasteiger partial charge in [0, 0.05) is 4.47 Å². The highest BCUT2D eigenvalue weighted by Gasteiger charge is 2.12. The Balaban J connectivity index is 2.22. The van der Waals surface area contributed by atoms with Crippen LogP contribution in [0, 0.1) is 6.92 Å². The second-order valence-electron chi connectivity index (χ2n) is 3.32. The quantitative estimate of drug-likeness (QED) is 0.841. The maximum Gasteiger partial charge on any atom is 0.266 e. The number of nitrogens with zero attached hydrogens (tertiary/aromatic N) is 1. The van der Waals surface area contributed by atoms with Crippen molar-refractivity contribution in [3.63, 3.8) is 0 Å². The molecule has 0 aliphatic rings. The molecule has 17 heavy (non-hydrogen) atoms. The maximum absolute atomic E-state index is 11.9. The Morgan fingerprint density at radius 2 is 2.24 bits per heavy atom. The van der Waals surface area contributed by atoms with E-state index in [4.69, 9.17) is 11.6 Å². The van der Waals surface area contributed by atoms with Crippen molar-refractivity contribution in [2.75, 3.05) is 5.32 Å². The molecule has 2 aromatic rings. The van der Waals surface area contributed by atoms with E-state index in [1.165, 1.54) is 11.3 Å². The van der Waals surface area contributed by atoms with Gasteiger partial charge in [0.05, 0.1) is 11.4 Å². The lowest BCUT2D eigenvalue weighted by Gasteiger charge is -2.07. The molecule has 1 N–H and O–H groups in total. The molecule has 0 aliphatic heterocycles. The van der Waals surface area contributed by atoms with Crippen molar-refractivity contribution in [2.24, 2.45) is 0 Å². The molecule has 2 heterocycles. The maximum atomic E-state index is 11.9. The van der Waals surface area contributed by atoms with Crippen molar-refractivity contribution in [1.82, 2.24) is 4.98 Å². The number of nitrogens with one attached hydrogen (secondary N) is 1. The highest BCUT2D eigenvalue weighted by molar-refractivity contribution is 9.10. The van der Waals surface area contributed by atoms with Crippen LogP contribution in [0.15, 0.2) is 28.1 Å². The van der Waals surface area contributed by atoms with Crippen LogP contribution in [0.4, 0.5) is 5.69 Å². The summed E-state index contributed by atoms with van der Waals surface area (Å²) in [5, 5.41) is 5.07. The SMILES string of the molecule is Cc1nc(Cl)ccc1NC(=O)c1sccc1Br. The van der Waals surface area contributed by atoms with Gasteiger partial charge in [-0.1, -0.05) is 11.6 Å². The van der Waals surface area contributed by atoms with Crippen LogP contribution in [0.2, 0.25) is 5.15 Å². The minimum Gasteiger partial charge on any atom is -0.320 e. The van der Waals surface area contributed by atoms with Gasteiger partial charge in [0.25, 0.3) is 5.91 Å². The number of hydrogen-bond acceptors (Lipinski definition) is 3. The minimum atomic E-state index is -0.154. The third-order valence-corrected chi connectivity index (χ3v) is 4.17. The van der Waals surface area contributed by atoms with Gasteiger partial charge < -0.3 is 5.32 Å². The standard InChI is InChI=1S/C11H8BrClN2OS/c1-6-8(2-3-9(13)14-6)15-11(16)10-7(12)4-5-17-10/h2-5H,1H3,(H,15,16). The van der Waals surface area contributed by atoms with Crippen LogP contribution in [0.3, 0.4) is 0 Å². The van der Waals surface area contributed by atoms with Gasteiger partial charge in [-0.25, -0.2) is 4.98 Å². The predicted molar refractivity (Wildman–Crippen MR) is 74.0 cm³/mol. The minimum absolute atomic E-state index is 0.154. The normalized spacial score (nSPS) is 10.3. The zero-order valence-corrected chi connectivity index (χ0v) is 12.0. The number of aryl methyl sites for hydroxylation is 1. The van der Waals surface area contributed by atoms with E-state index < -0.39 is 0 Å². The zero-order chi connectivity index (χ0) is 12.4. The molecule has 1 amide bonds. The molecule has 2 aromatic heterocycles. The van der Waals surface area contributed by atoms with Gasteiger partial charge in [0.1, 0.15) is 10.0 Å². The van der Waals surface area contributed by atoms with E-state index in [2.05, 4.69) is 26.2 Å². The lowest BCUT2D eigenvalue weighted by molar-refractivity contribution is 0.103. The van der Waals surface area contributed by atoms with Crippen molar-refractivity contribution < 1.29 is 4.79 Å². The summed E-state index contributed by atoms with van der Waals surface area (Å²) in [6.07, 6.45) is 0. The van der Waals surface area contributed by atoms with E-state index >= 15 is 0 Å². The number of aromatic nitrogens is 1. The molecule has 0 fully saturated rings. The average molecular weight is 332 g/mol. The number of pyridine rings is 1. The molecule has 2 rings (SSSR count). The van der Waals surface area contributed by atoms with E-state index in [1.807, 2.05) is 11.4 Å². The zero-order valence-electron chi connectivity index (χ0n) is 8.83. The first kappa shape index (κ1) is 12.5. The largest absolute Gasteiger partial charge is 0.320 e. The molecule has 0 radical (unpaired) electrons. The lowest BCUT2D eigenvalue weighted by Crippen LogP contribution is -2.12.